The van der Waals surface area contributed by atoms with Crippen molar-refractivity contribution < 1.29 is 4.74 Å². The van der Waals surface area contributed by atoms with Crippen molar-refractivity contribution in [3.8, 4) is 5.75 Å². The van der Waals surface area contributed by atoms with Crippen LogP contribution in [0.3, 0.4) is 0 Å². The molecular formula is C20H22ClN5O. The van der Waals surface area contributed by atoms with Crippen LogP contribution in [0.1, 0.15) is 26.3 Å². The lowest BCUT2D eigenvalue weighted by atomic mass is 9.87. The van der Waals surface area contributed by atoms with Gasteiger partial charge in [0, 0.05) is 10.7 Å². The van der Waals surface area contributed by atoms with Crippen LogP contribution in [0.4, 0.5) is 23.1 Å². The molecule has 3 aromatic rings. The molecule has 0 saturated carbocycles. The van der Waals surface area contributed by atoms with Crippen LogP contribution in [0.2, 0.25) is 5.02 Å². The van der Waals surface area contributed by atoms with Gasteiger partial charge in [-0.25, -0.2) is 0 Å². The van der Waals surface area contributed by atoms with Crippen LogP contribution in [-0.4, -0.2) is 22.3 Å². The van der Waals surface area contributed by atoms with E-state index in [0.717, 1.165) is 5.69 Å². The van der Waals surface area contributed by atoms with Gasteiger partial charge in [-0.2, -0.15) is 10.1 Å². The van der Waals surface area contributed by atoms with Gasteiger partial charge in [-0.3, -0.25) is 0 Å². The molecule has 27 heavy (non-hydrogen) atoms. The van der Waals surface area contributed by atoms with Gasteiger partial charge in [0.1, 0.15) is 5.75 Å². The number of hydrogen-bond acceptors (Lipinski definition) is 6. The molecule has 0 fully saturated rings. The third-order valence-corrected chi connectivity index (χ3v) is 4.23. The Morgan fingerprint density at radius 1 is 1.00 bits per heavy atom. The fourth-order valence-electron chi connectivity index (χ4n) is 2.52. The van der Waals surface area contributed by atoms with Crippen molar-refractivity contribution in [2.45, 2.75) is 26.2 Å². The lowest BCUT2D eigenvalue weighted by Crippen LogP contribution is -2.10. The van der Waals surface area contributed by atoms with E-state index in [4.69, 9.17) is 16.3 Å². The van der Waals surface area contributed by atoms with E-state index in [1.807, 2.05) is 12.1 Å². The Morgan fingerprint density at radius 2 is 1.74 bits per heavy atom. The van der Waals surface area contributed by atoms with E-state index in [2.05, 4.69) is 58.7 Å². The molecule has 0 radical (unpaired) electrons. The molecule has 0 aliphatic rings. The first-order valence-electron chi connectivity index (χ1n) is 8.53. The van der Waals surface area contributed by atoms with Crippen molar-refractivity contribution in [1.82, 2.24) is 15.2 Å². The number of ether oxygens (including phenoxy) is 1. The predicted molar refractivity (Wildman–Crippen MR) is 110 cm³/mol. The lowest BCUT2D eigenvalue weighted by molar-refractivity contribution is 0.417. The fourth-order valence-corrected chi connectivity index (χ4v) is 2.69. The minimum Gasteiger partial charge on any atom is -0.495 e. The van der Waals surface area contributed by atoms with Crippen LogP contribution in [0.15, 0.2) is 48.7 Å². The SMILES string of the molecule is COc1ccc(Cl)cc1Nc1nncc(Nc2ccc(C(C)(C)C)cc2)n1. The Kier molecular flexibility index (Phi) is 5.46. The molecule has 6 nitrogen and oxygen atoms in total. The molecule has 140 valence electrons. The molecular weight excluding hydrogens is 362 g/mol. The molecule has 7 heteroatoms. The van der Waals surface area contributed by atoms with Gasteiger partial charge in [-0.05, 0) is 41.3 Å². The number of rotatable bonds is 5. The normalized spacial score (nSPS) is 11.1. The Hall–Kier alpha value is -2.86. The molecule has 0 bridgehead atoms. The molecule has 0 aliphatic carbocycles. The molecule has 0 saturated heterocycles. The summed E-state index contributed by atoms with van der Waals surface area (Å²) in [5.41, 5.74) is 2.97. The molecule has 1 heterocycles. The van der Waals surface area contributed by atoms with Gasteiger partial charge in [-0.15, -0.1) is 5.10 Å². The van der Waals surface area contributed by atoms with Crippen LogP contribution in [0, 0.1) is 0 Å². The zero-order chi connectivity index (χ0) is 19.4. The second kappa shape index (κ2) is 7.80. The van der Waals surface area contributed by atoms with Crippen molar-refractivity contribution in [3.63, 3.8) is 0 Å². The van der Waals surface area contributed by atoms with Crippen molar-refractivity contribution >= 4 is 34.7 Å². The quantitative estimate of drug-likeness (QED) is 0.621. The molecule has 0 amide bonds. The van der Waals surface area contributed by atoms with Crippen molar-refractivity contribution in [1.29, 1.82) is 0 Å². The maximum atomic E-state index is 6.06. The van der Waals surface area contributed by atoms with E-state index in [-0.39, 0.29) is 5.41 Å². The highest BCUT2D eigenvalue weighted by Gasteiger charge is 2.13. The van der Waals surface area contributed by atoms with Gasteiger partial charge in [0.05, 0.1) is 19.0 Å². The van der Waals surface area contributed by atoms with Gasteiger partial charge in [0.25, 0.3) is 0 Å². The van der Waals surface area contributed by atoms with Crippen LogP contribution >= 0.6 is 11.6 Å². The van der Waals surface area contributed by atoms with Crippen molar-refractivity contribution in [2.75, 3.05) is 17.7 Å². The smallest absolute Gasteiger partial charge is 0.249 e. The van der Waals surface area contributed by atoms with Gasteiger partial charge in [0.2, 0.25) is 5.95 Å². The molecule has 0 aliphatic heterocycles. The summed E-state index contributed by atoms with van der Waals surface area (Å²) in [6, 6.07) is 13.5. The summed E-state index contributed by atoms with van der Waals surface area (Å²) < 4.78 is 5.32. The second-order valence-corrected chi connectivity index (χ2v) is 7.52. The number of benzene rings is 2. The van der Waals surface area contributed by atoms with E-state index in [0.29, 0.717) is 28.2 Å². The van der Waals surface area contributed by atoms with Gasteiger partial charge >= 0.3 is 0 Å². The zero-order valence-corrected chi connectivity index (χ0v) is 16.5. The topological polar surface area (TPSA) is 72.0 Å². The first-order chi connectivity index (χ1) is 12.8. The summed E-state index contributed by atoms with van der Waals surface area (Å²) in [6.45, 7) is 6.56. The Balaban J connectivity index is 1.77. The number of nitrogens with zero attached hydrogens (tertiary/aromatic N) is 3. The Bertz CT molecular complexity index is 922. The minimum atomic E-state index is 0.113. The number of methoxy groups -OCH3 is 1. The van der Waals surface area contributed by atoms with Crippen molar-refractivity contribution in [3.05, 3.63) is 59.2 Å². The summed E-state index contributed by atoms with van der Waals surface area (Å²) >= 11 is 6.06. The highest BCUT2D eigenvalue weighted by atomic mass is 35.5. The van der Waals surface area contributed by atoms with Crippen LogP contribution in [0.25, 0.3) is 0 Å². The molecule has 0 spiro atoms. The van der Waals surface area contributed by atoms with E-state index in [9.17, 15) is 0 Å². The highest BCUT2D eigenvalue weighted by Crippen LogP contribution is 2.30. The number of aromatic nitrogens is 3. The minimum absolute atomic E-state index is 0.113. The zero-order valence-electron chi connectivity index (χ0n) is 15.7. The van der Waals surface area contributed by atoms with Gasteiger partial charge in [0.15, 0.2) is 5.82 Å². The average molecular weight is 384 g/mol. The number of hydrogen-bond donors (Lipinski definition) is 2. The number of nitrogens with one attached hydrogen (secondary N) is 2. The molecule has 0 unspecified atom stereocenters. The van der Waals surface area contributed by atoms with Gasteiger partial charge in [-0.1, -0.05) is 44.5 Å². The largest absolute Gasteiger partial charge is 0.495 e. The highest BCUT2D eigenvalue weighted by molar-refractivity contribution is 6.31. The Labute approximate surface area is 164 Å². The summed E-state index contributed by atoms with van der Waals surface area (Å²) in [7, 11) is 1.59. The van der Waals surface area contributed by atoms with Crippen LogP contribution in [-0.2, 0) is 5.41 Å². The molecule has 2 N–H and O–H groups in total. The van der Waals surface area contributed by atoms with E-state index in [1.54, 1.807) is 31.5 Å². The molecule has 2 aromatic carbocycles. The van der Waals surface area contributed by atoms with E-state index in [1.165, 1.54) is 5.56 Å². The van der Waals surface area contributed by atoms with Crippen LogP contribution < -0.4 is 15.4 Å². The second-order valence-electron chi connectivity index (χ2n) is 7.09. The van der Waals surface area contributed by atoms with E-state index >= 15 is 0 Å². The summed E-state index contributed by atoms with van der Waals surface area (Å²) in [5.74, 6) is 1.56. The maximum absolute atomic E-state index is 6.06. The predicted octanol–water partition coefficient (Wildman–Crippen LogP) is 5.32. The Morgan fingerprint density at radius 3 is 2.41 bits per heavy atom. The van der Waals surface area contributed by atoms with E-state index < -0.39 is 0 Å². The first-order valence-corrected chi connectivity index (χ1v) is 8.91. The fraction of sp³-hybridized carbons (Fsp3) is 0.250. The lowest BCUT2D eigenvalue weighted by Gasteiger charge is -2.19. The first kappa shape index (κ1) is 18.9. The summed E-state index contributed by atoms with van der Waals surface area (Å²) in [5, 5.41) is 14.9. The molecule has 3 rings (SSSR count). The van der Waals surface area contributed by atoms with Crippen molar-refractivity contribution in [2.24, 2.45) is 0 Å². The molecule has 0 atom stereocenters. The number of halogens is 1. The third-order valence-electron chi connectivity index (χ3n) is 3.99. The average Bonchev–Trinajstić information content (AvgIpc) is 2.62. The van der Waals surface area contributed by atoms with Gasteiger partial charge < -0.3 is 15.4 Å². The standard InChI is InChI=1S/C20H22ClN5O/c1-20(2,3)13-5-8-15(9-6-13)23-18-12-22-26-19(25-18)24-16-11-14(21)7-10-17(16)27-4/h5-12H,1-4H3,(H2,23,24,25,26). The summed E-state index contributed by atoms with van der Waals surface area (Å²) in [4.78, 5) is 4.45. The van der Waals surface area contributed by atoms with Crippen LogP contribution in [0.5, 0.6) is 5.75 Å². The number of anilines is 4. The summed E-state index contributed by atoms with van der Waals surface area (Å²) in [6.07, 6.45) is 1.57. The monoisotopic (exact) mass is 383 g/mol. The third kappa shape index (κ3) is 4.86. The molecule has 1 aromatic heterocycles. The maximum Gasteiger partial charge on any atom is 0.249 e.